The van der Waals surface area contributed by atoms with Gasteiger partial charge in [-0.25, -0.2) is 0 Å². The minimum absolute atomic E-state index is 0.00171. The summed E-state index contributed by atoms with van der Waals surface area (Å²) >= 11 is 8.00. The number of Topliss-reactive ketones (excluding diaryl/α,β-unsaturated/α-hetero) is 1. The van der Waals surface area contributed by atoms with Crippen LogP contribution in [-0.2, 0) is 10.8 Å². The van der Waals surface area contributed by atoms with Gasteiger partial charge in [-0.1, -0.05) is 12.1 Å². The van der Waals surface area contributed by atoms with Crippen molar-refractivity contribution in [3.63, 3.8) is 0 Å². The number of carbonyl (C=O) groups excluding carboxylic acids is 1. The molecular weight excluding hydrogens is 400 g/mol. The molecule has 6 heteroatoms. The number of halogens is 2. The van der Waals surface area contributed by atoms with Crippen LogP contribution >= 0.6 is 43.2 Å². The molecule has 0 aliphatic carbocycles. The smallest absolute Gasteiger partial charge is 0.186 e. The third-order valence-corrected chi connectivity index (χ3v) is 6.42. The maximum absolute atomic E-state index is 12.1. The molecule has 18 heavy (non-hydrogen) atoms. The number of rotatable bonds is 4. The third kappa shape index (κ3) is 3.17. The van der Waals surface area contributed by atoms with Gasteiger partial charge in [0.1, 0.15) is 0 Å². The number of thiophene rings is 1. The maximum Gasteiger partial charge on any atom is 0.186 e. The van der Waals surface area contributed by atoms with E-state index in [4.69, 9.17) is 0 Å². The van der Waals surface area contributed by atoms with Crippen molar-refractivity contribution in [1.29, 1.82) is 0 Å². The minimum atomic E-state index is -1.33. The van der Waals surface area contributed by atoms with Crippen LogP contribution in [0.4, 0.5) is 0 Å². The molecule has 2 rings (SSSR count). The first kappa shape index (κ1) is 14.1. The molecule has 0 aliphatic rings. The van der Waals surface area contributed by atoms with E-state index in [9.17, 15) is 9.00 Å². The molecule has 0 aliphatic heterocycles. The fourth-order valence-corrected chi connectivity index (χ4v) is 4.89. The van der Waals surface area contributed by atoms with Crippen molar-refractivity contribution in [3.8, 4) is 0 Å². The summed E-state index contributed by atoms with van der Waals surface area (Å²) < 4.78 is 13.7. The van der Waals surface area contributed by atoms with Crippen LogP contribution in [0.15, 0.2) is 49.6 Å². The number of ketones is 1. The average molecular weight is 408 g/mol. The van der Waals surface area contributed by atoms with Gasteiger partial charge in [-0.05, 0) is 55.4 Å². The normalized spacial score (nSPS) is 12.3. The molecule has 0 fully saturated rings. The van der Waals surface area contributed by atoms with E-state index in [0.29, 0.717) is 9.77 Å². The summed E-state index contributed by atoms with van der Waals surface area (Å²) in [7, 11) is -1.33. The van der Waals surface area contributed by atoms with Crippen molar-refractivity contribution in [2.24, 2.45) is 0 Å². The molecule has 0 spiro atoms. The Hall–Kier alpha value is -0.300. The average Bonchev–Trinajstić information content (AvgIpc) is 2.76. The van der Waals surface area contributed by atoms with Crippen molar-refractivity contribution < 1.29 is 9.00 Å². The fourth-order valence-electron chi connectivity index (χ4n) is 1.38. The Labute approximate surface area is 128 Å². The number of benzene rings is 1. The predicted molar refractivity (Wildman–Crippen MR) is 81.8 cm³/mol. The van der Waals surface area contributed by atoms with E-state index in [1.165, 1.54) is 11.3 Å². The predicted octanol–water partition coefficient (Wildman–Crippen LogP) is 4.26. The maximum atomic E-state index is 12.1. The SMILES string of the molecule is O=C(CS(=O)c1ccccc1Br)c1sccc1Br. The Morgan fingerprint density at radius 2 is 1.89 bits per heavy atom. The molecule has 2 nitrogen and oxygen atoms in total. The lowest BCUT2D eigenvalue weighted by Gasteiger charge is -2.03. The van der Waals surface area contributed by atoms with Gasteiger partial charge in [0.25, 0.3) is 0 Å². The molecule has 0 bridgehead atoms. The first-order valence-corrected chi connectivity index (χ1v) is 8.77. The van der Waals surface area contributed by atoms with Crippen LogP contribution in [0.2, 0.25) is 0 Å². The summed E-state index contributed by atoms with van der Waals surface area (Å²) in [5.41, 5.74) is 0. The van der Waals surface area contributed by atoms with Crippen molar-refractivity contribution in [2.45, 2.75) is 4.90 Å². The fraction of sp³-hybridized carbons (Fsp3) is 0.0833. The van der Waals surface area contributed by atoms with E-state index < -0.39 is 10.8 Å². The summed E-state index contributed by atoms with van der Waals surface area (Å²) in [6, 6.07) is 9.06. The Kier molecular flexibility index (Phi) is 4.89. The van der Waals surface area contributed by atoms with Crippen molar-refractivity contribution in [1.82, 2.24) is 0 Å². The first-order chi connectivity index (χ1) is 8.59. The molecule has 1 aromatic carbocycles. The molecule has 0 saturated heterocycles. The lowest BCUT2D eigenvalue weighted by Crippen LogP contribution is -2.10. The van der Waals surface area contributed by atoms with Crippen molar-refractivity contribution >= 4 is 59.8 Å². The molecule has 0 amide bonds. The third-order valence-electron chi connectivity index (χ3n) is 2.21. The highest BCUT2D eigenvalue weighted by Gasteiger charge is 2.17. The van der Waals surface area contributed by atoms with Crippen LogP contribution in [0.25, 0.3) is 0 Å². The number of hydrogen-bond donors (Lipinski definition) is 0. The van der Waals surface area contributed by atoms with Crippen LogP contribution in [0, 0.1) is 0 Å². The molecule has 0 N–H and O–H groups in total. The summed E-state index contributed by atoms with van der Waals surface area (Å²) in [5, 5.41) is 1.83. The van der Waals surface area contributed by atoms with Gasteiger partial charge < -0.3 is 0 Å². The molecular formula is C12H8Br2O2S2. The van der Waals surface area contributed by atoms with Gasteiger partial charge in [0.15, 0.2) is 5.78 Å². The van der Waals surface area contributed by atoms with Gasteiger partial charge >= 0.3 is 0 Å². The number of hydrogen-bond acceptors (Lipinski definition) is 3. The van der Waals surface area contributed by atoms with Crippen LogP contribution in [0.3, 0.4) is 0 Å². The standard InChI is InChI=1S/C12H8Br2O2S2/c13-8-3-1-2-4-11(8)18(16)7-10(15)12-9(14)5-6-17-12/h1-6H,7H2. The van der Waals surface area contributed by atoms with Crippen molar-refractivity contribution in [3.05, 3.63) is 49.5 Å². The minimum Gasteiger partial charge on any atom is -0.292 e. The second-order valence-corrected chi connectivity index (χ2v) is 7.49. The monoisotopic (exact) mass is 406 g/mol. The summed E-state index contributed by atoms with van der Waals surface area (Å²) in [6.45, 7) is 0. The zero-order valence-corrected chi connectivity index (χ0v) is 13.9. The summed E-state index contributed by atoms with van der Waals surface area (Å²) in [4.78, 5) is 13.3. The summed E-state index contributed by atoms with van der Waals surface area (Å²) in [5.74, 6) is -0.104. The van der Waals surface area contributed by atoms with Crippen LogP contribution < -0.4 is 0 Å². The topological polar surface area (TPSA) is 34.1 Å². The highest BCUT2D eigenvalue weighted by atomic mass is 79.9. The molecule has 94 valence electrons. The second kappa shape index (κ2) is 6.23. The van der Waals surface area contributed by atoms with E-state index >= 15 is 0 Å². The van der Waals surface area contributed by atoms with Gasteiger partial charge in [-0.15, -0.1) is 11.3 Å². The zero-order chi connectivity index (χ0) is 13.1. The van der Waals surface area contributed by atoms with Gasteiger partial charge in [0.05, 0.1) is 26.3 Å². The molecule has 1 heterocycles. The lowest BCUT2D eigenvalue weighted by molar-refractivity contribution is 0.102. The Morgan fingerprint density at radius 3 is 2.50 bits per heavy atom. The van der Waals surface area contributed by atoms with E-state index in [1.807, 2.05) is 29.6 Å². The Bertz CT molecular complexity index is 608. The van der Waals surface area contributed by atoms with E-state index in [0.717, 1.165) is 8.95 Å². The molecule has 0 saturated carbocycles. The Balaban J connectivity index is 2.16. The van der Waals surface area contributed by atoms with E-state index in [-0.39, 0.29) is 11.5 Å². The zero-order valence-electron chi connectivity index (χ0n) is 9.06. The largest absolute Gasteiger partial charge is 0.292 e. The molecule has 1 aromatic heterocycles. The van der Waals surface area contributed by atoms with E-state index in [1.54, 1.807) is 6.07 Å². The lowest BCUT2D eigenvalue weighted by atomic mass is 10.3. The van der Waals surface area contributed by atoms with Crippen LogP contribution in [-0.4, -0.2) is 15.7 Å². The molecule has 2 aromatic rings. The van der Waals surface area contributed by atoms with E-state index in [2.05, 4.69) is 31.9 Å². The highest BCUT2D eigenvalue weighted by molar-refractivity contribution is 9.10. The van der Waals surface area contributed by atoms with Gasteiger partial charge in [0, 0.05) is 8.95 Å². The Morgan fingerprint density at radius 1 is 1.17 bits per heavy atom. The highest BCUT2D eigenvalue weighted by Crippen LogP contribution is 2.25. The second-order valence-electron chi connectivity index (χ2n) is 3.44. The molecule has 1 unspecified atom stereocenters. The number of carbonyl (C=O) groups is 1. The van der Waals surface area contributed by atoms with Gasteiger partial charge in [-0.3, -0.25) is 9.00 Å². The molecule has 1 atom stereocenters. The molecule has 0 radical (unpaired) electrons. The van der Waals surface area contributed by atoms with Crippen LogP contribution in [0.1, 0.15) is 9.67 Å². The van der Waals surface area contributed by atoms with Gasteiger partial charge in [-0.2, -0.15) is 0 Å². The quantitative estimate of drug-likeness (QED) is 0.709. The van der Waals surface area contributed by atoms with Gasteiger partial charge in [0.2, 0.25) is 0 Å². The first-order valence-electron chi connectivity index (χ1n) is 4.98. The van der Waals surface area contributed by atoms with Crippen molar-refractivity contribution in [2.75, 3.05) is 5.75 Å². The van der Waals surface area contributed by atoms with Crippen LogP contribution in [0.5, 0.6) is 0 Å². The summed E-state index contributed by atoms with van der Waals surface area (Å²) in [6.07, 6.45) is 0.